The lowest BCUT2D eigenvalue weighted by Crippen LogP contribution is -2.35. The van der Waals surface area contributed by atoms with Gasteiger partial charge in [0.15, 0.2) is 0 Å². The molecule has 1 unspecified atom stereocenters. The summed E-state index contributed by atoms with van der Waals surface area (Å²) in [5, 5.41) is 11.6. The predicted molar refractivity (Wildman–Crippen MR) is 73.8 cm³/mol. The first-order valence-electron chi connectivity index (χ1n) is 6.17. The first-order valence-corrected chi connectivity index (χ1v) is 6.17. The van der Waals surface area contributed by atoms with Crippen LogP contribution in [0.3, 0.4) is 0 Å². The second-order valence-electron chi connectivity index (χ2n) is 4.62. The SMILES string of the molecule is CC(C(=O)O)=C(C)C(=O)NC(C)Cc1ccccc1. The van der Waals surface area contributed by atoms with E-state index in [9.17, 15) is 9.59 Å². The summed E-state index contributed by atoms with van der Waals surface area (Å²) < 4.78 is 0. The lowest BCUT2D eigenvalue weighted by Gasteiger charge is -2.14. The topological polar surface area (TPSA) is 66.4 Å². The molecule has 4 nitrogen and oxygen atoms in total. The Morgan fingerprint density at radius 3 is 2.26 bits per heavy atom. The van der Waals surface area contributed by atoms with Crippen LogP contribution in [-0.4, -0.2) is 23.0 Å². The number of carbonyl (C=O) groups is 2. The normalized spacial score (nSPS) is 13.4. The van der Waals surface area contributed by atoms with Crippen LogP contribution in [0.1, 0.15) is 26.3 Å². The lowest BCUT2D eigenvalue weighted by atomic mass is 10.1. The van der Waals surface area contributed by atoms with Crippen molar-refractivity contribution in [2.45, 2.75) is 33.2 Å². The molecule has 0 aliphatic heterocycles. The maximum atomic E-state index is 11.9. The third-order valence-electron chi connectivity index (χ3n) is 2.99. The summed E-state index contributed by atoms with van der Waals surface area (Å²) in [5.41, 5.74) is 1.45. The molecule has 0 spiro atoms. The number of carboxylic acid groups (broad SMARTS) is 1. The highest BCUT2D eigenvalue weighted by Gasteiger charge is 2.14. The Labute approximate surface area is 113 Å². The van der Waals surface area contributed by atoms with E-state index in [4.69, 9.17) is 5.11 Å². The number of carboxylic acids is 1. The molecule has 0 radical (unpaired) electrons. The quantitative estimate of drug-likeness (QED) is 0.798. The molecule has 1 rings (SSSR count). The van der Waals surface area contributed by atoms with Gasteiger partial charge in [0, 0.05) is 17.2 Å². The third kappa shape index (κ3) is 4.58. The standard InChI is InChI=1S/C15H19NO3/c1-10(9-13-7-5-4-6-8-13)16-14(17)11(2)12(3)15(18)19/h4-8,10H,9H2,1-3H3,(H,16,17)(H,18,19). The smallest absolute Gasteiger partial charge is 0.331 e. The fourth-order valence-corrected chi connectivity index (χ4v) is 1.68. The first kappa shape index (κ1) is 15.0. The van der Waals surface area contributed by atoms with Crippen LogP contribution in [-0.2, 0) is 16.0 Å². The number of benzene rings is 1. The van der Waals surface area contributed by atoms with Crippen LogP contribution in [0.15, 0.2) is 41.5 Å². The van der Waals surface area contributed by atoms with E-state index in [0.717, 1.165) is 5.56 Å². The van der Waals surface area contributed by atoms with E-state index in [1.54, 1.807) is 0 Å². The van der Waals surface area contributed by atoms with Crippen LogP contribution in [0.2, 0.25) is 0 Å². The van der Waals surface area contributed by atoms with Gasteiger partial charge in [0.1, 0.15) is 0 Å². The molecule has 0 heterocycles. The summed E-state index contributed by atoms with van der Waals surface area (Å²) in [6, 6.07) is 9.77. The molecule has 0 bridgehead atoms. The molecular formula is C15H19NO3. The van der Waals surface area contributed by atoms with Crippen molar-refractivity contribution in [3.8, 4) is 0 Å². The molecule has 0 aromatic heterocycles. The molecule has 1 atom stereocenters. The van der Waals surface area contributed by atoms with Crippen molar-refractivity contribution in [1.29, 1.82) is 0 Å². The molecular weight excluding hydrogens is 242 g/mol. The second kappa shape index (κ2) is 6.73. The fraction of sp³-hybridized carbons (Fsp3) is 0.333. The molecule has 102 valence electrons. The van der Waals surface area contributed by atoms with Gasteiger partial charge in [-0.25, -0.2) is 4.79 Å². The zero-order valence-corrected chi connectivity index (χ0v) is 11.4. The van der Waals surface area contributed by atoms with Gasteiger partial charge in [-0.3, -0.25) is 4.79 Å². The highest BCUT2D eigenvalue weighted by molar-refractivity contribution is 6.01. The maximum Gasteiger partial charge on any atom is 0.331 e. The minimum atomic E-state index is -1.07. The van der Waals surface area contributed by atoms with Crippen LogP contribution in [0.5, 0.6) is 0 Å². The van der Waals surface area contributed by atoms with E-state index in [1.165, 1.54) is 13.8 Å². The van der Waals surface area contributed by atoms with Gasteiger partial charge < -0.3 is 10.4 Å². The highest BCUT2D eigenvalue weighted by atomic mass is 16.4. The molecule has 0 saturated carbocycles. The number of hydrogen-bond acceptors (Lipinski definition) is 2. The van der Waals surface area contributed by atoms with E-state index in [1.807, 2.05) is 37.3 Å². The van der Waals surface area contributed by atoms with Gasteiger partial charge in [-0.1, -0.05) is 30.3 Å². The molecule has 1 amide bonds. The van der Waals surface area contributed by atoms with Gasteiger partial charge in [-0.05, 0) is 32.8 Å². The molecule has 0 saturated heterocycles. The molecule has 1 aromatic carbocycles. The summed E-state index contributed by atoms with van der Waals surface area (Å²) in [6.45, 7) is 4.85. The van der Waals surface area contributed by atoms with Crippen LogP contribution >= 0.6 is 0 Å². The van der Waals surface area contributed by atoms with E-state index < -0.39 is 5.97 Å². The van der Waals surface area contributed by atoms with Gasteiger partial charge in [0.25, 0.3) is 0 Å². The Bertz CT molecular complexity index is 491. The van der Waals surface area contributed by atoms with Crippen molar-refractivity contribution < 1.29 is 14.7 Å². The largest absolute Gasteiger partial charge is 0.478 e. The Balaban J connectivity index is 2.63. The van der Waals surface area contributed by atoms with Crippen molar-refractivity contribution in [2.75, 3.05) is 0 Å². The average molecular weight is 261 g/mol. The number of hydrogen-bond donors (Lipinski definition) is 2. The number of carbonyl (C=O) groups excluding carboxylic acids is 1. The maximum absolute atomic E-state index is 11.9. The molecule has 0 aliphatic carbocycles. The van der Waals surface area contributed by atoms with Crippen molar-refractivity contribution in [3.63, 3.8) is 0 Å². The minimum absolute atomic E-state index is 0.0496. The van der Waals surface area contributed by atoms with Crippen LogP contribution < -0.4 is 5.32 Å². The van der Waals surface area contributed by atoms with Gasteiger partial charge in [-0.2, -0.15) is 0 Å². The van der Waals surface area contributed by atoms with Gasteiger partial charge in [0.2, 0.25) is 5.91 Å². The van der Waals surface area contributed by atoms with Crippen molar-refractivity contribution in [1.82, 2.24) is 5.32 Å². The summed E-state index contributed by atoms with van der Waals surface area (Å²) in [6.07, 6.45) is 0.714. The van der Waals surface area contributed by atoms with Crippen molar-refractivity contribution >= 4 is 11.9 Å². The van der Waals surface area contributed by atoms with E-state index in [2.05, 4.69) is 5.32 Å². The van der Waals surface area contributed by atoms with Gasteiger partial charge in [0.05, 0.1) is 0 Å². The fourth-order valence-electron chi connectivity index (χ4n) is 1.68. The Hall–Kier alpha value is -2.10. The zero-order chi connectivity index (χ0) is 14.4. The molecule has 2 N–H and O–H groups in total. The van der Waals surface area contributed by atoms with Gasteiger partial charge in [-0.15, -0.1) is 0 Å². The minimum Gasteiger partial charge on any atom is -0.478 e. The number of amides is 1. The second-order valence-corrected chi connectivity index (χ2v) is 4.62. The lowest BCUT2D eigenvalue weighted by molar-refractivity contribution is -0.133. The average Bonchev–Trinajstić information content (AvgIpc) is 2.37. The Kier molecular flexibility index (Phi) is 5.30. The number of aliphatic carboxylic acids is 1. The number of nitrogens with one attached hydrogen (secondary N) is 1. The van der Waals surface area contributed by atoms with Crippen LogP contribution in [0.25, 0.3) is 0 Å². The summed E-state index contributed by atoms with van der Waals surface area (Å²) in [4.78, 5) is 22.6. The van der Waals surface area contributed by atoms with Crippen molar-refractivity contribution in [2.24, 2.45) is 0 Å². The molecule has 0 aliphatic rings. The molecule has 0 fully saturated rings. The third-order valence-corrected chi connectivity index (χ3v) is 2.99. The predicted octanol–water partition coefficient (Wildman–Crippen LogP) is 2.15. The Morgan fingerprint density at radius 1 is 1.16 bits per heavy atom. The first-order chi connectivity index (χ1) is 8.91. The molecule has 19 heavy (non-hydrogen) atoms. The summed E-state index contributed by atoms with van der Waals surface area (Å²) in [7, 11) is 0. The number of rotatable bonds is 5. The monoisotopic (exact) mass is 261 g/mol. The summed E-state index contributed by atoms with van der Waals surface area (Å²) in [5.74, 6) is -1.40. The van der Waals surface area contributed by atoms with E-state index in [-0.39, 0.29) is 23.1 Å². The van der Waals surface area contributed by atoms with Crippen LogP contribution in [0, 0.1) is 0 Å². The highest BCUT2D eigenvalue weighted by Crippen LogP contribution is 2.06. The van der Waals surface area contributed by atoms with E-state index >= 15 is 0 Å². The zero-order valence-electron chi connectivity index (χ0n) is 11.4. The van der Waals surface area contributed by atoms with Gasteiger partial charge >= 0.3 is 5.97 Å². The molecule has 1 aromatic rings. The van der Waals surface area contributed by atoms with Crippen molar-refractivity contribution in [3.05, 3.63) is 47.0 Å². The Morgan fingerprint density at radius 2 is 1.74 bits per heavy atom. The summed E-state index contributed by atoms with van der Waals surface area (Å²) >= 11 is 0. The molecule has 4 heteroatoms. The van der Waals surface area contributed by atoms with Crippen LogP contribution in [0.4, 0.5) is 0 Å². The van der Waals surface area contributed by atoms with E-state index in [0.29, 0.717) is 6.42 Å².